The molecular weight excluding hydrogens is 526 g/mol. The van der Waals surface area contributed by atoms with Crippen molar-refractivity contribution in [3.8, 4) is 11.8 Å². The van der Waals surface area contributed by atoms with Gasteiger partial charge in [0.15, 0.2) is 5.82 Å². The third kappa shape index (κ3) is 6.94. The predicted molar refractivity (Wildman–Crippen MR) is 153 cm³/mol. The number of fused-ring (bicyclic) bond motifs is 1. The van der Waals surface area contributed by atoms with Gasteiger partial charge in [-0.25, -0.2) is 9.78 Å². The highest BCUT2D eigenvalue weighted by molar-refractivity contribution is 5.86. The number of likely N-dealkylation sites (tertiary alicyclic amines) is 1. The van der Waals surface area contributed by atoms with E-state index in [9.17, 15) is 15.2 Å². The second-order valence-electron chi connectivity index (χ2n) is 11.2. The number of aromatic nitrogens is 5. The molecule has 1 amide bonds. The van der Waals surface area contributed by atoms with Crippen LogP contribution in [-0.2, 0) is 11.3 Å². The van der Waals surface area contributed by atoms with Gasteiger partial charge in [0.25, 0.3) is 0 Å². The molecule has 1 fully saturated rings. The zero-order chi connectivity index (χ0) is 29.7. The summed E-state index contributed by atoms with van der Waals surface area (Å²) < 4.78 is 13.1. The number of nitrogen functional groups attached to an aromatic ring is 1. The summed E-state index contributed by atoms with van der Waals surface area (Å²) in [6, 6.07) is 3.77. The van der Waals surface area contributed by atoms with Gasteiger partial charge in [-0.3, -0.25) is 14.6 Å². The minimum Gasteiger partial charge on any atom is -0.495 e. The monoisotopic (exact) mass is 565 g/mol. The van der Waals surface area contributed by atoms with Crippen LogP contribution in [0.25, 0.3) is 11.0 Å². The van der Waals surface area contributed by atoms with Crippen molar-refractivity contribution >= 4 is 28.9 Å². The van der Waals surface area contributed by atoms with E-state index in [0.717, 1.165) is 18.4 Å². The van der Waals surface area contributed by atoms with Gasteiger partial charge in [-0.2, -0.15) is 15.3 Å². The molecule has 3 aromatic heterocycles. The number of ether oxygens (including phenoxy) is 2. The third-order valence-corrected chi connectivity index (χ3v) is 6.93. The summed E-state index contributed by atoms with van der Waals surface area (Å²) in [6.45, 7) is 8.12. The van der Waals surface area contributed by atoms with E-state index in [-0.39, 0.29) is 43.6 Å². The van der Waals surface area contributed by atoms with Crippen LogP contribution < -0.4 is 15.8 Å². The molecule has 0 radical (unpaired) electrons. The van der Waals surface area contributed by atoms with Crippen LogP contribution in [-0.4, -0.2) is 72.7 Å². The quantitative estimate of drug-likeness (QED) is 0.327. The number of nitrogens with zero attached hydrogens (tertiary/aromatic N) is 7. The SMILES string of the molecule is CCC[C@@H](CCO)Nc1nc(N)nc2cnn(Cc3ncc(C4C[C@@H](C#N)CN4C(=O)OC(C)(C)C)cc3OC)c12. The molecule has 1 saturated heterocycles. The summed E-state index contributed by atoms with van der Waals surface area (Å²) in [7, 11) is 1.56. The Bertz CT molecular complexity index is 1410. The Balaban J connectivity index is 1.65. The molecule has 1 aliphatic heterocycles. The molecule has 3 atom stereocenters. The summed E-state index contributed by atoms with van der Waals surface area (Å²) >= 11 is 0. The van der Waals surface area contributed by atoms with Gasteiger partial charge in [-0.1, -0.05) is 13.3 Å². The van der Waals surface area contributed by atoms with Gasteiger partial charge in [-0.05, 0) is 51.7 Å². The number of anilines is 2. The first-order valence-electron chi connectivity index (χ1n) is 13.8. The molecule has 0 bridgehead atoms. The second-order valence-corrected chi connectivity index (χ2v) is 11.2. The Labute approximate surface area is 239 Å². The number of hydrogen-bond acceptors (Lipinski definition) is 11. The van der Waals surface area contributed by atoms with Crippen molar-refractivity contribution in [3.05, 3.63) is 29.7 Å². The predicted octanol–water partition coefficient (Wildman–Crippen LogP) is 3.65. The number of methoxy groups -OCH3 is 1. The normalized spacial score (nSPS) is 17.8. The first-order chi connectivity index (χ1) is 19.6. The van der Waals surface area contributed by atoms with E-state index < -0.39 is 11.7 Å². The first kappa shape index (κ1) is 29.8. The van der Waals surface area contributed by atoms with Crippen LogP contribution in [0.2, 0.25) is 0 Å². The maximum atomic E-state index is 13.0. The van der Waals surface area contributed by atoms with Gasteiger partial charge in [-0.15, -0.1) is 0 Å². The molecular formula is C28H39N9O4. The Morgan fingerprint density at radius 2 is 2.10 bits per heavy atom. The molecule has 0 saturated carbocycles. The van der Waals surface area contributed by atoms with Crippen LogP contribution in [0.15, 0.2) is 18.5 Å². The molecule has 1 unspecified atom stereocenters. The zero-order valence-electron chi connectivity index (χ0n) is 24.3. The molecule has 4 rings (SSSR count). The zero-order valence-corrected chi connectivity index (χ0v) is 24.3. The standard InChI is InChI=1S/C28H39N9O4/c1-6-7-19(8-9-38)33-25-24-20(34-26(30)35-25)14-32-37(24)16-21-23(40-5)11-18(13-31-21)22-10-17(12-29)15-36(22)27(39)41-28(2,3)4/h11,13-14,17,19,22,38H,6-10,15-16H2,1-5H3,(H3,30,33,34,35)/t17-,19-,22?/m0/s1. The van der Waals surface area contributed by atoms with Gasteiger partial charge >= 0.3 is 6.09 Å². The Morgan fingerprint density at radius 3 is 2.76 bits per heavy atom. The number of carbonyl (C=O) groups excluding carboxylic acids is 1. The number of pyridine rings is 1. The molecule has 220 valence electrons. The molecule has 0 aromatic carbocycles. The lowest BCUT2D eigenvalue weighted by atomic mass is 10.0. The fourth-order valence-corrected chi connectivity index (χ4v) is 5.10. The van der Waals surface area contributed by atoms with E-state index in [1.165, 1.54) is 0 Å². The highest BCUT2D eigenvalue weighted by Crippen LogP contribution is 2.38. The fraction of sp³-hybridized carbons (Fsp3) is 0.571. The van der Waals surface area contributed by atoms with Crippen molar-refractivity contribution in [2.45, 2.75) is 77.6 Å². The maximum absolute atomic E-state index is 13.0. The lowest BCUT2D eigenvalue weighted by Crippen LogP contribution is -2.36. The highest BCUT2D eigenvalue weighted by Gasteiger charge is 2.39. The topological polar surface area (TPSA) is 177 Å². The number of nitrogens with one attached hydrogen (secondary N) is 1. The Kier molecular flexibility index (Phi) is 9.12. The van der Waals surface area contributed by atoms with E-state index in [0.29, 0.717) is 41.1 Å². The number of aliphatic hydroxyl groups excluding tert-OH is 1. The van der Waals surface area contributed by atoms with Crippen molar-refractivity contribution in [1.29, 1.82) is 5.26 Å². The van der Waals surface area contributed by atoms with Crippen molar-refractivity contribution in [1.82, 2.24) is 29.6 Å². The number of nitrogens with two attached hydrogens (primary N) is 1. The number of rotatable bonds is 10. The summed E-state index contributed by atoms with van der Waals surface area (Å²) in [6.07, 6.45) is 5.70. The van der Waals surface area contributed by atoms with E-state index >= 15 is 0 Å². The van der Waals surface area contributed by atoms with Crippen LogP contribution in [0.1, 0.15) is 70.7 Å². The molecule has 41 heavy (non-hydrogen) atoms. The Morgan fingerprint density at radius 1 is 1.32 bits per heavy atom. The minimum atomic E-state index is -0.657. The largest absolute Gasteiger partial charge is 0.495 e. The summed E-state index contributed by atoms with van der Waals surface area (Å²) in [5.41, 5.74) is 7.93. The number of carbonyl (C=O) groups is 1. The maximum Gasteiger partial charge on any atom is 0.410 e. The first-order valence-corrected chi connectivity index (χ1v) is 13.8. The van der Waals surface area contributed by atoms with Crippen LogP contribution in [0, 0.1) is 17.2 Å². The van der Waals surface area contributed by atoms with Gasteiger partial charge in [0, 0.05) is 25.4 Å². The lowest BCUT2D eigenvalue weighted by molar-refractivity contribution is 0.0221. The molecule has 13 heteroatoms. The van der Waals surface area contributed by atoms with Crippen LogP contribution in [0.3, 0.4) is 0 Å². The summed E-state index contributed by atoms with van der Waals surface area (Å²) in [4.78, 5) is 28.0. The van der Waals surface area contributed by atoms with Crippen LogP contribution >= 0.6 is 0 Å². The minimum absolute atomic E-state index is 0.00867. The van der Waals surface area contributed by atoms with E-state index in [1.807, 2.05) is 26.8 Å². The van der Waals surface area contributed by atoms with Gasteiger partial charge in [0.1, 0.15) is 28.1 Å². The summed E-state index contributed by atoms with van der Waals surface area (Å²) in [5.74, 6) is 0.870. The van der Waals surface area contributed by atoms with Crippen LogP contribution in [0.5, 0.6) is 5.75 Å². The number of nitriles is 1. The molecule has 3 aromatic rings. The lowest BCUT2D eigenvalue weighted by Gasteiger charge is -2.28. The molecule has 1 aliphatic rings. The van der Waals surface area contributed by atoms with Crippen molar-refractivity contribution in [2.24, 2.45) is 5.92 Å². The molecule has 0 aliphatic carbocycles. The summed E-state index contributed by atoms with van der Waals surface area (Å²) in [5, 5.41) is 27.0. The molecule has 13 nitrogen and oxygen atoms in total. The van der Waals surface area contributed by atoms with Crippen molar-refractivity contribution in [3.63, 3.8) is 0 Å². The second kappa shape index (κ2) is 12.6. The van der Waals surface area contributed by atoms with Crippen LogP contribution in [0.4, 0.5) is 16.6 Å². The van der Waals surface area contributed by atoms with Gasteiger partial charge in [0.2, 0.25) is 5.95 Å². The van der Waals surface area contributed by atoms with E-state index in [2.05, 4.69) is 33.4 Å². The van der Waals surface area contributed by atoms with E-state index in [1.54, 1.807) is 29.1 Å². The average Bonchev–Trinajstić information content (AvgIpc) is 3.53. The van der Waals surface area contributed by atoms with Gasteiger partial charge in [0.05, 0.1) is 37.9 Å². The van der Waals surface area contributed by atoms with E-state index in [4.69, 9.17) is 20.2 Å². The highest BCUT2D eigenvalue weighted by atomic mass is 16.6. The smallest absolute Gasteiger partial charge is 0.410 e. The van der Waals surface area contributed by atoms with Gasteiger partial charge < -0.3 is 25.6 Å². The number of hydrogen-bond donors (Lipinski definition) is 3. The third-order valence-electron chi connectivity index (χ3n) is 6.93. The number of aliphatic hydroxyl groups is 1. The average molecular weight is 566 g/mol. The molecule has 4 heterocycles. The van der Waals surface area contributed by atoms with Crippen molar-refractivity contribution in [2.75, 3.05) is 31.3 Å². The molecule has 4 N–H and O–H groups in total. The van der Waals surface area contributed by atoms with Crippen molar-refractivity contribution < 1.29 is 19.4 Å². The fourth-order valence-electron chi connectivity index (χ4n) is 5.10. The Hall–Kier alpha value is -4.18. The molecule has 0 spiro atoms. The number of amides is 1.